The number of nitrogens with zero attached hydrogens (tertiary/aromatic N) is 4. The number of carboxylic acid groups (broad SMARTS) is 1. The molecule has 0 aliphatic carbocycles. The number of methoxy groups -OCH3 is 1. The molecule has 0 bridgehead atoms. The Hall–Kier alpha value is -3.93. The number of ether oxygens (including phenoxy) is 1. The third-order valence-electron chi connectivity index (χ3n) is 6.96. The first-order valence-electron chi connectivity index (χ1n) is 12.5. The average Bonchev–Trinajstić information content (AvgIpc) is 3.45. The number of hydrogen-bond acceptors (Lipinski definition) is 5. The Bertz CT molecular complexity index is 1480. The van der Waals surface area contributed by atoms with Crippen molar-refractivity contribution in [3.8, 4) is 17.5 Å². The van der Waals surface area contributed by atoms with Gasteiger partial charge in [-0.2, -0.15) is 10.4 Å². The number of aromatic amines is 1. The fraction of sp³-hybridized carbons (Fsp3) is 0.429. The number of nitriles is 1. The van der Waals surface area contributed by atoms with E-state index in [0.717, 1.165) is 46.9 Å². The van der Waals surface area contributed by atoms with E-state index in [1.165, 1.54) is 13.2 Å². The molecule has 1 aromatic carbocycles. The molecule has 0 saturated heterocycles. The SMILES string of the molecule is CCCCC(CCC(=O)O)c1c(C(C)(C)CC#N)n(-c2ccc(F)c(OC)c2)c2cc3cn[nH]c3nc12. The number of rotatable bonds is 11. The van der Waals surface area contributed by atoms with Crippen LogP contribution in [0.3, 0.4) is 0 Å². The molecule has 0 spiro atoms. The summed E-state index contributed by atoms with van der Waals surface area (Å²) in [5, 5.41) is 27.2. The number of hydrogen-bond donors (Lipinski definition) is 2. The maximum absolute atomic E-state index is 14.4. The van der Waals surface area contributed by atoms with Crippen molar-refractivity contribution in [3.05, 3.63) is 47.5 Å². The van der Waals surface area contributed by atoms with Crippen molar-refractivity contribution in [1.82, 2.24) is 19.7 Å². The first kappa shape index (κ1) is 26.1. The van der Waals surface area contributed by atoms with Crippen molar-refractivity contribution in [3.63, 3.8) is 0 Å². The van der Waals surface area contributed by atoms with Gasteiger partial charge in [-0.3, -0.25) is 9.89 Å². The van der Waals surface area contributed by atoms with Crippen molar-refractivity contribution in [2.45, 2.75) is 70.6 Å². The van der Waals surface area contributed by atoms with Crippen LogP contribution in [0, 0.1) is 17.1 Å². The zero-order valence-corrected chi connectivity index (χ0v) is 21.6. The molecule has 3 aromatic heterocycles. The van der Waals surface area contributed by atoms with Crippen LogP contribution in [0.25, 0.3) is 27.8 Å². The van der Waals surface area contributed by atoms with Gasteiger partial charge in [0.2, 0.25) is 0 Å². The molecule has 3 heterocycles. The van der Waals surface area contributed by atoms with Crippen molar-refractivity contribution in [1.29, 1.82) is 5.26 Å². The van der Waals surface area contributed by atoms with Crippen LogP contribution >= 0.6 is 0 Å². The second-order valence-corrected chi connectivity index (χ2v) is 10.1. The van der Waals surface area contributed by atoms with Gasteiger partial charge in [-0.15, -0.1) is 0 Å². The van der Waals surface area contributed by atoms with Crippen molar-refractivity contribution in [2.75, 3.05) is 7.11 Å². The van der Waals surface area contributed by atoms with Crippen LogP contribution in [0.1, 0.15) is 76.5 Å². The number of nitrogens with one attached hydrogen (secondary N) is 1. The van der Waals surface area contributed by atoms with Crippen LogP contribution < -0.4 is 4.74 Å². The Kier molecular flexibility index (Phi) is 7.48. The summed E-state index contributed by atoms with van der Waals surface area (Å²) in [4.78, 5) is 16.6. The molecule has 37 heavy (non-hydrogen) atoms. The third kappa shape index (κ3) is 5.01. The van der Waals surface area contributed by atoms with Crippen molar-refractivity contribution < 1.29 is 19.0 Å². The van der Waals surface area contributed by atoms with E-state index >= 15 is 0 Å². The Morgan fingerprint density at radius 2 is 2.11 bits per heavy atom. The zero-order valence-electron chi connectivity index (χ0n) is 21.6. The van der Waals surface area contributed by atoms with Gasteiger partial charge < -0.3 is 14.4 Å². The van der Waals surface area contributed by atoms with Crippen LogP contribution in [-0.4, -0.2) is 37.9 Å². The second kappa shape index (κ2) is 10.6. The smallest absolute Gasteiger partial charge is 0.303 e. The maximum atomic E-state index is 14.4. The Morgan fingerprint density at radius 1 is 1.32 bits per heavy atom. The molecule has 4 rings (SSSR count). The fourth-order valence-electron chi connectivity index (χ4n) is 5.16. The van der Waals surface area contributed by atoms with Crippen molar-refractivity contribution in [2.24, 2.45) is 0 Å². The van der Waals surface area contributed by atoms with Crippen molar-refractivity contribution >= 4 is 28.0 Å². The quantitative estimate of drug-likeness (QED) is 0.244. The van der Waals surface area contributed by atoms with E-state index in [-0.39, 0.29) is 24.5 Å². The van der Waals surface area contributed by atoms with Gasteiger partial charge in [0.15, 0.2) is 17.2 Å². The summed E-state index contributed by atoms with van der Waals surface area (Å²) in [5.41, 5.74) is 4.00. The van der Waals surface area contributed by atoms with Crippen LogP contribution in [0.2, 0.25) is 0 Å². The predicted molar refractivity (Wildman–Crippen MR) is 140 cm³/mol. The van der Waals surface area contributed by atoms with Crippen LogP contribution in [-0.2, 0) is 10.2 Å². The normalized spacial score (nSPS) is 12.6. The molecule has 1 unspecified atom stereocenters. The van der Waals surface area contributed by atoms with E-state index in [9.17, 15) is 19.6 Å². The highest BCUT2D eigenvalue weighted by atomic mass is 19.1. The van der Waals surface area contributed by atoms with Gasteiger partial charge in [0.25, 0.3) is 0 Å². The Balaban J connectivity index is 2.14. The number of aliphatic carboxylic acids is 1. The van der Waals surface area contributed by atoms with E-state index in [1.807, 2.05) is 24.5 Å². The Labute approximate surface area is 215 Å². The summed E-state index contributed by atoms with van der Waals surface area (Å²) in [7, 11) is 1.42. The summed E-state index contributed by atoms with van der Waals surface area (Å²) >= 11 is 0. The molecule has 0 aliphatic heterocycles. The number of unbranched alkanes of at least 4 members (excludes halogenated alkanes) is 1. The average molecular weight is 506 g/mol. The van der Waals surface area contributed by atoms with Gasteiger partial charge in [-0.1, -0.05) is 33.6 Å². The second-order valence-electron chi connectivity index (χ2n) is 10.1. The lowest BCUT2D eigenvalue weighted by Crippen LogP contribution is -2.24. The highest BCUT2D eigenvalue weighted by molar-refractivity contribution is 5.94. The maximum Gasteiger partial charge on any atom is 0.303 e. The summed E-state index contributed by atoms with van der Waals surface area (Å²) in [6.45, 7) is 6.12. The van der Waals surface area contributed by atoms with Gasteiger partial charge in [-0.25, -0.2) is 9.37 Å². The predicted octanol–water partition coefficient (Wildman–Crippen LogP) is 6.38. The molecule has 0 amide bonds. The first-order valence-corrected chi connectivity index (χ1v) is 12.5. The molecule has 4 aromatic rings. The minimum Gasteiger partial charge on any atom is -0.494 e. The molecule has 8 nitrogen and oxygen atoms in total. The molecule has 1 atom stereocenters. The summed E-state index contributed by atoms with van der Waals surface area (Å²) in [6, 6.07) is 9.00. The van der Waals surface area contributed by atoms with E-state index < -0.39 is 17.2 Å². The fourth-order valence-corrected chi connectivity index (χ4v) is 5.16. The van der Waals surface area contributed by atoms with E-state index in [0.29, 0.717) is 17.8 Å². The molecule has 0 aliphatic rings. The van der Waals surface area contributed by atoms with Gasteiger partial charge in [0.1, 0.15) is 0 Å². The molecular weight excluding hydrogens is 473 g/mol. The number of halogens is 1. The number of pyridine rings is 1. The lowest BCUT2D eigenvalue weighted by molar-refractivity contribution is -0.137. The van der Waals surface area contributed by atoms with E-state index in [4.69, 9.17) is 9.72 Å². The lowest BCUT2D eigenvalue weighted by Gasteiger charge is -2.29. The molecular formula is C28H32FN5O3. The number of aromatic nitrogens is 4. The highest BCUT2D eigenvalue weighted by Gasteiger charge is 2.35. The minimum atomic E-state index is -0.852. The molecule has 0 fully saturated rings. The van der Waals surface area contributed by atoms with Crippen LogP contribution in [0.4, 0.5) is 4.39 Å². The largest absolute Gasteiger partial charge is 0.494 e. The summed E-state index contributed by atoms with van der Waals surface area (Å²) in [6.07, 6.45) is 5.07. The molecule has 9 heteroatoms. The topological polar surface area (TPSA) is 117 Å². The number of carboxylic acids is 1. The minimum absolute atomic E-state index is 0.0237. The molecule has 0 saturated carbocycles. The highest BCUT2D eigenvalue weighted by Crippen LogP contribution is 2.45. The monoisotopic (exact) mass is 505 g/mol. The summed E-state index contributed by atoms with van der Waals surface area (Å²) in [5.74, 6) is -1.31. The Morgan fingerprint density at radius 3 is 2.78 bits per heavy atom. The van der Waals surface area contributed by atoms with Crippen LogP contribution in [0.5, 0.6) is 5.75 Å². The van der Waals surface area contributed by atoms with E-state index in [2.05, 4.69) is 23.2 Å². The number of carbonyl (C=O) groups is 1. The third-order valence-corrected chi connectivity index (χ3v) is 6.96. The lowest BCUT2D eigenvalue weighted by atomic mass is 9.78. The van der Waals surface area contributed by atoms with Crippen LogP contribution in [0.15, 0.2) is 30.5 Å². The number of H-pyrrole nitrogens is 1. The first-order chi connectivity index (χ1) is 17.7. The molecule has 2 N–H and O–H groups in total. The van der Waals surface area contributed by atoms with Gasteiger partial charge >= 0.3 is 5.97 Å². The summed E-state index contributed by atoms with van der Waals surface area (Å²) < 4.78 is 21.7. The molecule has 0 radical (unpaired) electrons. The number of fused-ring (bicyclic) bond motifs is 2. The standard InChI is InChI=1S/C28H32FN5O3/c1-5-6-7-17(8-11-23(35)36)24-25-21(14-18-16-31-33-27(18)32-25)34(26(24)28(2,3)12-13-30)19-9-10-20(29)22(15-19)37-4/h9-10,14-17H,5-8,11-12H2,1-4H3,(H,35,36)(H,31,32,33). The van der Waals surface area contributed by atoms with E-state index in [1.54, 1.807) is 18.3 Å². The van der Waals surface area contributed by atoms with Gasteiger partial charge in [-0.05, 0) is 37.0 Å². The van der Waals surface area contributed by atoms with Gasteiger partial charge in [0, 0.05) is 46.7 Å². The van der Waals surface area contributed by atoms with Gasteiger partial charge in [0.05, 0.1) is 30.4 Å². The molecule has 194 valence electrons. The zero-order chi connectivity index (χ0) is 26.7. The number of benzene rings is 1.